The molecule has 19 heavy (non-hydrogen) atoms. The third-order valence-electron chi connectivity index (χ3n) is 2.06. The Labute approximate surface area is 107 Å². The molecule has 0 N–H and O–H groups in total. The Bertz CT molecular complexity index is 471. The van der Waals surface area contributed by atoms with E-state index in [9.17, 15) is 22.4 Å². The van der Waals surface area contributed by atoms with E-state index >= 15 is 0 Å². The molecule has 0 aliphatic rings. The van der Waals surface area contributed by atoms with Gasteiger partial charge < -0.3 is 4.74 Å². The van der Waals surface area contributed by atoms with Gasteiger partial charge in [-0.15, -0.1) is 0 Å². The Morgan fingerprint density at radius 2 is 1.58 bits per heavy atom. The molecular formula is C12H13F4NO2. The molecule has 0 unspecified atom stereocenters. The lowest BCUT2D eigenvalue weighted by atomic mass is 9.90. The van der Waals surface area contributed by atoms with Gasteiger partial charge in [-0.05, 0) is 5.41 Å². The topological polar surface area (TPSA) is 39.2 Å². The summed E-state index contributed by atoms with van der Waals surface area (Å²) >= 11 is 0. The van der Waals surface area contributed by atoms with Crippen LogP contribution in [0, 0.1) is 28.9 Å². The average molecular weight is 279 g/mol. The Balaban J connectivity index is 2.81. The molecule has 106 valence electrons. The first-order valence-corrected chi connectivity index (χ1v) is 5.46. The van der Waals surface area contributed by atoms with Gasteiger partial charge in [-0.3, -0.25) is 4.79 Å². The number of carbonyl (C=O) groups is 1. The highest BCUT2D eigenvalue weighted by Gasteiger charge is 2.23. The van der Waals surface area contributed by atoms with Crippen LogP contribution in [0.15, 0.2) is 0 Å². The van der Waals surface area contributed by atoms with Gasteiger partial charge in [-0.1, -0.05) is 20.8 Å². The van der Waals surface area contributed by atoms with Gasteiger partial charge in [-0.25, -0.2) is 0 Å². The summed E-state index contributed by atoms with van der Waals surface area (Å²) in [5.74, 6) is -8.88. The molecule has 1 rings (SSSR count). The Hall–Kier alpha value is -1.66. The van der Waals surface area contributed by atoms with E-state index in [0.29, 0.717) is 0 Å². The molecule has 0 bridgehead atoms. The molecular weight excluding hydrogens is 266 g/mol. The number of Topliss-reactive ketones (excluding diaryl/α,β-unsaturated/α-hetero) is 1. The molecule has 7 heteroatoms. The maximum absolute atomic E-state index is 13.2. The van der Waals surface area contributed by atoms with Crippen LogP contribution in [0.5, 0.6) is 5.75 Å². The first-order chi connectivity index (χ1) is 8.61. The van der Waals surface area contributed by atoms with Crippen molar-refractivity contribution in [1.82, 2.24) is 4.98 Å². The fourth-order valence-corrected chi connectivity index (χ4v) is 1.39. The fourth-order valence-electron chi connectivity index (χ4n) is 1.39. The summed E-state index contributed by atoms with van der Waals surface area (Å²) in [6.45, 7) is 4.70. The monoisotopic (exact) mass is 279 g/mol. The predicted octanol–water partition coefficient (Wildman–Crippen LogP) is 3.02. The molecule has 3 nitrogen and oxygen atoms in total. The van der Waals surface area contributed by atoms with Crippen LogP contribution < -0.4 is 4.74 Å². The summed E-state index contributed by atoms with van der Waals surface area (Å²) in [6.07, 6.45) is 0.103. The van der Waals surface area contributed by atoms with Crippen LogP contribution >= 0.6 is 0 Å². The van der Waals surface area contributed by atoms with Crippen LogP contribution in [0.2, 0.25) is 0 Å². The summed E-state index contributed by atoms with van der Waals surface area (Å²) in [7, 11) is 0. The summed E-state index contributed by atoms with van der Waals surface area (Å²) in [5, 5.41) is 0. The number of hydrogen-bond donors (Lipinski definition) is 0. The predicted molar refractivity (Wildman–Crippen MR) is 58.6 cm³/mol. The van der Waals surface area contributed by atoms with E-state index in [4.69, 9.17) is 0 Å². The Morgan fingerprint density at radius 3 is 2.00 bits per heavy atom. The van der Waals surface area contributed by atoms with E-state index < -0.39 is 41.7 Å². The zero-order chi connectivity index (χ0) is 14.8. The zero-order valence-electron chi connectivity index (χ0n) is 10.7. The van der Waals surface area contributed by atoms with E-state index in [-0.39, 0.29) is 11.8 Å². The number of hydrogen-bond acceptors (Lipinski definition) is 3. The van der Waals surface area contributed by atoms with Crippen molar-refractivity contribution in [2.45, 2.75) is 27.2 Å². The average Bonchev–Trinajstić information content (AvgIpc) is 2.24. The first-order valence-electron chi connectivity index (χ1n) is 5.46. The first kappa shape index (κ1) is 15.4. The zero-order valence-corrected chi connectivity index (χ0v) is 10.7. The number of pyridine rings is 1. The number of carbonyl (C=O) groups excluding carboxylic acids is 1. The van der Waals surface area contributed by atoms with Gasteiger partial charge in [0.15, 0.2) is 5.78 Å². The van der Waals surface area contributed by atoms with E-state index in [2.05, 4.69) is 9.72 Å². The normalized spacial score (nSPS) is 11.5. The fraction of sp³-hybridized carbons (Fsp3) is 0.500. The van der Waals surface area contributed by atoms with Gasteiger partial charge >= 0.3 is 0 Å². The largest absolute Gasteiger partial charge is 0.479 e. The molecule has 0 aliphatic heterocycles. The lowest BCUT2D eigenvalue weighted by Crippen LogP contribution is -2.20. The van der Waals surface area contributed by atoms with Crippen LogP contribution in [-0.4, -0.2) is 17.4 Å². The number of ether oxygens (including phenoxy) is 1. The summed E-state index contributed by atoms with van der Waals surface area (Å²) in [6, 6.07) is 0. The highest BCUT2D eigenvalue weighted by molar-refractivity contribution is 5.80. The third kappa shape index (κ3) is 4.18. The summed E-state index contributed by atoms with van der Waals surface area (Å²) in [4.78, 5) is 13.8. The molecule has 0 saturated heterocycles. The molecule has 0 spiro atoms. The molecule has 0 atom stereocenters. The van der Waals surface area contributed by atoms with Crippen LogP contribution in [0.3, 0.4) is 0 Å². The maximum atomic E-state index is 13.2. The minimum atomic E-state index is -1.82. The van der Waals surface area contributed by atoms with Crippen LogP contribution in [-0.2, 0) is 4.79 Å². The van der Waals surface area contributed by atoms with Crippen molar-refractivity contribution < 1.29 is 27.1 Å². The smallest absolute Gasteiger partial charge is 0.255 e. The third-order valence-corrected chi connectivity index (χ3v) is 2.06. The molecule has 1 aromatic heterocycles. The van der Waals surface area contributed by atoms with Gasteiger partial charge in [0, 0.05) is 6.42 Å². The molecule has 1 heterocycles. The number of rotatable bonds is 4. The maximum Gasteiger partial charge on any atom is 0.255 e. The molecule has 0 radical (unpaired) electrons. The standard InChI is InChI=1S/C12H13F4NO2/c1-12(2,3)4-6(18)5-19-9-7(13)10(15)17-11(16)8(9)14/h4-5H2,1-3H3. The highest BCUT2D eigenvalue weighted by Crippen LogP contribution is 2.25. The van der Waals surface area contributed by atoms with Crippen molar-refractivity contribution in [3.05, 3.63) is 23.5 Å². The highest BCUT2D eigenvalue weighted by atomic mass is 19.2. The van der Waals surface area contributed by atoms with E-state index in [1.807, 2.05) is 0 Å². The second-order valence-corrected chi connectivity index (χ2v) is 5.22. The van der Waals surface area contributed by atoms with Gasteiger partial charge in [-0.2, -0.15) is 22.5 Å². The van der Waals surface area contributed by atoms with Crippen LogP contribution in [0.1, 0.15) is 27.2 Å². The van der Waals surface area contributed by atoms with Crippen molar-refractivity contribution in [3.63, 3.8) is 0 Å². The van der Waals surface area contributed by atoms with Crippen molar-refractivity contribution in [3.8, 4) is 5.75 Å². The molecule has 0 aliphatic carbocycles. The quantitative estimate of drug-likeness (QED) is 0.628. The van der Waals surface area contributed by atoms with Gasteiger partial charge in [0.2, 0.25) is 17.4 Å². The number of ketones is 1. The van der Waals surface area contributed by atoms with E-state index in [0.717, 1.165) is 0 Å². The van der Waals surface area contributed by atoms with Crippen molar-refractivity contribution in [2.24, 2.45) is 5.41 Å². The number of aromatic nitrogens is 1. The van der Waals surface area contributed by atoms with Crippen molar-refractivity contribution >= 4 is 5.78 Å². The lowest BCUT2D eigenvalue weighted by molar-refractivity contribution is -0.122. The van der Waals surface area contributed by atoms with Gasteiger partial charge in [0.25, 0.3) is 11.9 Å². The SMILES string of the molecule is CC(C)(C)CC(=O)COc1c(F)c(F)nc(F)c1F. The van der Waals surface area contributed by atoms with Crippen molar-refractivity contribution in [1.29, 1.82) is 0 Å². The molecule has 0 fully saturated rings. The lowest BCUT2D eigenvalue weighted by Gasteiger charge is -2.17. The Kier molecular flexibility index (Phi) is 4.49. The number of halogens is 4. The molecule has 0 aromatic carbocycles. The van der Waals surface area contributed by atoms with Gasteiger partial charge in [0.05, 0.1) is 0 Å². The Morgan fingerprint density at radius 1 is 1.11 bits per heavy atom. The summed E-state index contributed by atoms with van der Waals surface area (Å²) < 4.78 is 56.3. The molecule has 1 aromatic rings. The molecule has 0 amide bonds. The van der Waals surface area contributed by atoms with Crippen molar-refractivity contribution in [2.75, 3.05) is 6.61 Å². The van der Waals surface area contributed by atoms with E-state index in [1.54, 1.807) is 20.8 Å². The minimum absolute atomic E-state index is 0.103. The summed E-state index contributed by atoms with van der Waals surface area (Å²) in [5.41, 5.74) is -0.327. The second kappa shape index (κ2) is 5.54. The van der Waals surface area contributed by atoms with Gasteiger partial charge in [0.1, 0.15) is 6.61 Å². The molecule has 0 saturated carbocycles. The minimum Gasteiger partial charge on any atom is -0.479 e. The van der Waals surface area contributed by atoms with Crippen LogP contribution in [0.25, 0.3) is 0 Å². The number of nitrogens with zero attached hydrogens (tertiary/aromatic N) is 1. The second-order valence-electron chi connectivity index (χ2n) is 5.22. The van der Waals surface area contributed by atoms with Crippen LogP contribution in [0.4, 0.5) is 17.6 Å². The van der Waals surface area contributed by atoms with E-state index in [1.165, 1.54) is 0 Å².